The van der Waals surface area contributed by atoms with Crippen molar-refractivity contribution in [3.63, 3.8) is 0 Å². The van der Waals surface area contributed by atoms with E-state index in [4.69, 9.17) is 10.8 Å². The van der Waals surface area contributed by atoms with Crippen LogP contribution in [0.4, 0.5) is 0 Å². The van der Waals surface area contributed by atoms with Crippen LogP contribution in [0.5, 0.6) is 0 Å². The largest absolute Gasteiger partial charge is 0.480 e. The Morgan fingerprint density at radius 2 is 2.17 bits per heavy atom. The summed E-state index contributed by atoms with van der Waals surface area (Å²) < 4.78 is 4.37. The molecule has 1 amide bonds. The molecule has 0 radical (unpaired) electrons. The number of rotatable bonds is 5. The number of aliphatic carboxylic acids is 1. The lowest BCUT2D eigenvalue weighted by Gasteiger charge is -2.16. The molecule has 0 saturated carbocycles. The number of carboxylic acids is 1. The van der Waals surface area contributed by atoms with Gasteiger partial charge in [0.1, 0.15) is 6.04 Å². The van der Waals surface area contributed by atoms with Gasteiger partial charge in [-0.1, -0.05) is 12.2 Å². The molecule has 0 aromatic heterocycles. The van der Waals surface area contributed by atoms with Crippen LogP contribution in [0.1, 0.15) is 12.8 Å². The lowest BCUT2D eigenvalue weighted by molar-refractivity contribution is -0.149. The molecule has 0 fully saturated rings. The van der Waals surface area contributed by atoms with E-state index in [-0.39, 0.29) is 6.04 Å². The predicted octanol–water partition coefficient (Wildman–Crippen LogP) is -0.978. The van der Waals surface area contributed by atoms with Crippen molar-refractivity contribution in [3.05, 3.63) is 12.2 Å². The maximum Gasteiger partial charge on any atom is 0.326 e. The molecule has 7 nitrogen and oxygen atoms in total. The minimum Gasteiger partial charge on any atom is -0.480 e. The molecule has 4 N–H and O–H groups in total. The molecule has 7 heteroatoms. The third-order valence-corrected chi connectivity index (χ3v) is 2.67. The summed E-state index contributed by atoms with van der Waals surface area (Å²) >= 11 is 0. The van der Waals surface area contributed by atoms with Gasteiger partial charge in [0.05, 0.1) is 19.4 Å². The molecule has 0 spiro atoms. The zero-order chi connectivity index (χ0) is 13.7. The van der Waals surface area contributed by atoms with Gasteiger partial charge in [-0.15, -0.1) is 0 Å². The van der Waals surface area contributed by atoms with Crippen molar-refractivity contribution < 1.29 is 24.2 Å². The first-order valence-corrected chi connectivity index (χ1v) is 5.48. The van der Waals surface area contributed by atoms with Crippen LogP contribution in [0.2, 0.25) is 0 Å². The molecule has 0 saturated heterocycles. The quantitative estimate of drug-likeness (QED) is 0.430. The Bertz CT molecular complexity index is 380. The highest BCUT2D eigenvalue weighted by Gasteiger charge is 2.28. The Morgan fingerprint density at radius 1 is 1.50 bits per heavy atom. The number of nitrogens with one attached hydrogen (secondary N) is 1. The smallest absolute Gasteiger partial charge is 0.326 e. The maximum atomic E-state index is 11.7. The zero-order valence-electron chi connectivity index (χ0n) is 9.96. The summed E-state index contributed by atoms with van der Waals surface area (Å²) in [7, 11) is 1.15. The predicted molar refractivity (Wildman–Crippen MR) is 61.4 cm³/mol. The fourth-order valence-corrected chi connectivity index (χ4v) is 1.65. The van der Waals surface area contributed by atoms with Crippen molar-refractivity contribution >= 4 is 17.8 Å². The minimum atomic E-state index is -1.28. The molecule has 0 aliphatic heterocycles. The number of carbonyl (C=O) groups is 3. The first kappa shape index (κ1) is 14.2. The van der Waals surface area contributed by atoms with Gasteiger partial charge in [0.25, 0.3) is 0 Å². The Kier molecular flexibility index (Phi) is 4.85. The Balaban J connectivity index is 2.56. The highest BCUT2D eigenvalue weighted by Crippen LogP contribution is 2.16. The summed E-state index contributed by atoms with van der Waals surface area (Å²) in [5.41, 5.74) is 5.60. The fraction of sp³-hybridized carbons (Fsp3) is 0.545. The summed E-state index contributed by atoms with van der Waals surface area (Å²) in [5, 5.41) is 11.2. The fourth-order valence-electron chi connectivity index (χ4n) is 1.65. The number of carboxylic acid groups (broad SMARTS) is 1. The Morgan fingerprint density at radius 3 is 2.61 bits per heavy atom. The number of esters is 1. The molecule has 1 rings (SSSR count). The van der Waals surface area contributed by atoms with Crippen molar-refractivity contribution in [2.45, 2.75) is 24.9 Å². The lowest BCUT2D eigenvalue weighted by Crippen LogP contribution is -2.44. The van der Waals surface area contributed by atoms with E-state index in [0.717, 1.165) is 7.11 Å². The lowest BCUT2D eigenvalue weighted by atomic mass is 10.1. The van der Waals surface area contributed by atoms with Gasteiger partial charge in [-0.05, 0) is 6.42 Å². The zero-order valence-corrected chi connectivity index (χ0v) is 9.96. The van der Waals surface area contributed by atoms with E-state index in [2.05, 4.69) is 10.1 Å². The van der Waals surface area contributed by atoms with Crippen LogP contribution in [-0.2, 0) is 19.1 Å². The van der Waals surface area contributed by atoms with Gasteiger partial charge in [-0.3, -0.25) is 9.59 Å². The third kappa shape index (κ3) is 3.85. The highest BCUT2D eigenvalue weighted by molar-refractivity contribution is 5.89. The van der Waals surface area contributed by atoms with Gasteiger partial charge in [0, 0.05) is 6.04 Å². The summed E-state index contributed by atoms with van der Waals surface area (Å²) in [6, 6.07) is -1.47. The third-order valence-electron chi connectivity index (χ3n) is 2.67. The van der Waals surface area contributed by atoms with Crippen LogP contribution in [-0.4, -0.2) is 42.1 Å². The van der Waals surface area contributed by atoms with Crippen LogP contribution in [0.3, 0.4) is 0 Å². The Labute approximate surface area is 104 Å². The summed E-state index contributed by atoms with van der Waals surface area (Å²) in [6.45, 7) is 0. The monoisotopic (exact) mass is 256 g/mol. The van der Waals surface area contributed by atoms with E-state index in [9.17, 15) is 14.4 Å². The second-order valence-electron chi connectivity index (χ2n) is 4.07. The highest BCUT2D eigenvalue weighted by atomic mass is 16.5. The van der Waals surface area contributed by atoms with Crippen LogP contribution >= 0.6 is 0 Å². The molecule has 0 bridgehead atoms. The molecule has 1 aliphatic carbocycles. The van der Waals surface area contributed by atoms with E-state index in [0.29, 0.717) is 6.42 Å². The molecule has 0 heterocycles. The van der Waals surface area contributed by atoms with Crippen LogP contribution in [0, 0.1) is 5.92 Å². The van der Waals surface area contributed by atoms with Gasteiger partial charge in [0.15, 0.2) is 0 Å². The average molecular weight is 256 g/mol. The van der Waals surface area contributed by atoms with Gasteiger partial charge >= 0.3 is 11.9 Å². The summed E-state index contributed by atoms with van der Waals surface area (Å²) in [4.78, 5) is 33.7. The van der Waals surface area contributed by atoms with E-state index >= 15 is 0 Å². The number of carbonyl (C=O) groups excluding carboxylic acids is 2. The number of amides is 1. The molecule has 1 aliphatic rings. The maximum absolute atomic E-state index is 11.7. The van der Waals surface area contributed by atoms with Gasteiger partial charge < -0.3 is 20.9 Å². The van der Waals surface area contributed by atoms with Crippen LogP contribution in [0.15, 0.2) is 12.2 Å². The molecule has 100 valence electrons. The molecule has 0 aromatic rings. The van der Waals surface area contributed by atoms with E-state index < -0.39 is 36.2 Å². The van der Waals surface area contributed by atoms with Gasteiger partial charge in [-0.2, -0.15) is 0 Å². The van der Waals surface area contributed by atoms with Crippen molar-refractivity contribution in [2.24, 2.45) is 11.7 Å². The van der Waals surface area contributed by atoms with Crippen molar-refractivity contribution in [3.8, 4) is 0 Å². The topological polar surface area (TPSA) is 119 Å². The van der Waals surface area contributed by atoms with Gasteiger partial charge in [-0.25, -0.2) is 4.79 Å². The normalized spacial score (nSPS) is 23.4. The second kappa shape index (κ2) is 6.15. The second-order valence-corrected chi connectivity index (χ2v) is 4.07. The summed E-state index contributed by atoms with van der Waals surface area (Å²) in [6.07, 6.45) is 3.37. The van der Waals surface area contributed by atoms with E-state index in [1.807, 2.05) is 0 Å². The molecular formula is C11H16N2O5. The number of hydrogen-bond acceptors (Lipinski definition) is 5. The van der Waals surface area contributed by atoms with Crippen LogP contribution < -0.4 is 11.1 Å². The first-order chi connectivity index (χ1) is 8.43. The Hall–Kier alpha value is -1.89. The van der Waals surface area contributed by atoms with E-state index in [1.54, 1.807) is 12.2 Å². The number of hydrogen-bond donors (Lipinski definition) is 3. The molecule has 18 heavy (non-hydrogen) atoms. The number of nitrogens with two attached hydrogens (primary N) is 1. The SMILES string of the molecule is COC(=O)C[C@H](NC(=O)C1C=CC(N)C1)C(=O)O. The molecular weight excluding hydrogens is 240 g/mol. The molecule has 3 atom stereocenters. The minimum absolute atomic E-state index is 0.190. The number of ether oxygens (including phenoxy) is 1. The van der Waals surface area contributed by atoms with Crippen LogP contribution in [0.25, 0.3) is 0 Å². The van der Waals surface area contributed by atoms with Crippen molar-refractivity contribution in [1.82, 2.24) is 5.32 Å². The van der Waals surface area contributed by atoms with Crippen molar-refractivity contribution in [2.75, 3.05) is 7.11 Å². The molecule has 2 unspecified atom stereocenters. The van der Waals surface area contributed by atoms with Gasteiger partial charge in [0.2, 0.25) is 5.91 Å². The molecule has 0 aromatic carbocycles. The van der Waals surface area contributed by atoms with E-state index in [1.165, 1.54) is 0 Å². The summed E-state index contributed by atoms with van der Waals surface area (Å²) in [5.74, 6) is -2.86. The number of methoxy groups -OCH3 is 1. The first-order valence-electron chi connectivity index (χ1n) is 5.48. The standard InChI is InChI=1S/C11H16N2O5/c1-18-9(14)5-8(11(16)17)13-10(15)6-2-3-7(12)4-6/h2-3,6-8H,4-5,12H2,1H3,(H,13,15)(H,16,17)/t6?,7?,8-/m0/s1. The average Bonchev–Trinajstić information content (AvgIpc) is 2.74. The van der Waals surface area contributed by atoms with Crippen molar-refractivity contribution in [1.29, 1.82) is 0 Å².